The molecule has 1 heteroatoms. The Morgan fingerprint density at radius 3 is 1.05 bits per heavy atom. The molecule has 0 amide bonds. The molecule has 2 aliphatic heterocycles. The first-order valence-electron chi connectivity index (χ1n) is 15.0. The molecule has 43 heavy (non-hydrogen) atoms. The van der Waals surface area contributed by atoms with Crippen LogP contribution in [0, 0.1) is 0 Å². The largest absolute Gasteiger partial charge is 0.340 e. The van der Waals surface area contributed by atoms with Crippen LogP contribution in [0.5, 0.6) is 0 Å². The molecule has 0 aromatic heterocycles. The van der Waals surface area contributed by atoms with Crippen LogP contribution in [0.4, 0.5) is 0 Å². The fraction of sp³-hybridized carbons (Fsp3) is 0.0476. The molecule has 0 fully saturated rings. The molecule has 7 aromatic carbocycles. The minimum Gasteiger partial charge on any atom is -0.340 e. The molecule has 9 rings (SSSR count). The highest BCUT2D eigenvalue weighted by Gasteiger charge is 2.66. The maximum atomic E-state index is 7.86. The van der Waals surface area contributed by atoms with Crippen LogP contribution in [0.3, 0.4) is 0 Å². The quantitative estimate of drug-likeness (QED) is 0.213. The van der Waals surface area contributed by atoms with Gasteiger partial charge >= 0.3 is 0 Å². The number of hydrogen-bond acceptors (Lipinski definition) is 1. The van der Waals surface area contributed by atoms with Crippen molar-refractivity contribution in [2.24, 2.45) is 0 Å². The predicted octanol–water partition coefficient (Wildman–Crippen LogP) is 10.1. The zero-order valence-electron chi connectivity index (χ0n) is 23.6. The van der Waals surface area contributed by atoms with Gasteiger partial charge in [0.05, 0.1) is 0 Å². The summed E-state index contributed by atoms with van der Waals surface area (Å²) in [5, 5.41) is 2.47. The van der Waals surface area contributed by atoms with Gasteiger partial charge in [-0.15, -0.1) is 0 Å². The van der Waals surface area contributed by atoms with Crippen LogP contribution >= 0.6 is 0 Å². The predicted molar refractivity (Wildman–Crippen MR) is 175 cm³/mol. The Morgan fingerprint density at radius 2 is 0.651 bits per heavy atom. The first kappa shape index (κ1) is 24.4. The lowest BCUT2D eigenvalue weighted by molar-refractivity contribution is -0.0254. The highest BCUT2D eigenvalue weighted by Crippen LogP contribution is 2.70. The lowest BCUT2D eigenvalue weighted by atomic mass is 9.64. The molecule has 1 nitrogen and oxygen atoms in total. The second-order valence-electron chi connectivity index (χ2n) is 11.5. The van der Waals surface area contributed by atoms with Gasteiger partial charge in [0.15, 0.2) is 0 Å². The molecular formula is C42H28O. The van der Waals surface area contributed by atoms with Crippen LogP contribution in [0.15, 0.2) is 170 Å². The van der Waals surface area contributed by atoms with Crippen LogP contribution in [0.2, 0.25) is 0 Å². The summed E-state index contributed by atoms with van der Waals surface area (Å²) in [6, 6.07) is 61.2. The maximum absolute atomic E-state index is 7.86. The molecule has 0 N–H and O–H groups in total. The number of benzene rings is 7. The highest BCUT2D eigenvalue weighted by atomic mass is 16.5. The number of hydrogen-bond donors (Lipinski definition) is 0. The summed E-state index contributed by atoms with van der Waals surface area (Å²) in [5.74, 6) is 0. The van der Waals surface area contributed by atoms with Gasteiger partial charge in [0.25, 0.3) is 0 Å². The lowest BCUT2D eigenvalue weighted by Gasteiger charge is -2.35. The van der Waals surface area contributed by atoms with Crippen molar-refractivity contribution in [3.05, 3.63) is 203 Å². The Morgan fingerprint density at radius 1 is 0.326 bits per heavy atom. The van der Waals surface area contributed by atoms with Gasteiger partial charge in [0.1, 0.15) is 11.2 Å². The molecule has 2 atom stereocenters. The summed E-state index contributed by atoms with van der Waals surface area (Å²) >= 11 is 0. The average Bonchev–Trinajstić information content (AvgIpc) is 3.59. The number of rotatable bonds is 4. The minimum atomic E-state index is -0.804. The third-order valence-corrected chi connectivity index (χ3v) is 9.40. The molecular weight excluding hydrogens is 520 g/mol. The van der Waals surface area contributed by atoms with Crippen molar-refractivity contribution >= 4 is 10.8 Å². The van der Waals surface area contributed by atoms with Crippen molar-refractivity contribution in [2.75, 3.05) is 0 Å². The fourth-order valence-corrected chi connectivity index (χ4v) is 7.82. The molecule has 0 spiro atoms. The van der Waals surface area contributed by atoms with Gasteiger partial charge in [-0.05, 0) is 55.3 Å². The van der Waals surface area contributed by atoms with Crippen molar-refractivity contribution in [2.45, 2.75) is 11.2 Å². The smallest absolute Gasteiger partial charge is 0.147 e. The highest BCUT2D eigenvalue weighted by molar-refractivity contribution is 6.10. The monoisotopic (exact) mass is 548 g/mol. The number of ether oxygens (including phenoxy) is 1. The summed E-state index contributed by atoms with van der Waals surface area (Å²) in [5.41, 5.74) is 10.5. The molecule has 202 valence electrons. The molecule has 0 saturated carbocycles. The summed E-state index contributed by atoms with van der Waals surface area (Å²) in [4.78, 5) is 0. The molecule has 7 aromatic rings. The van der Waals surface area contributed by atoms with Gasteiger partial charge in [0.2, 0.25) is 0 Å². The Balaban J connectivity index is 1.60. The first-order valence-corrected chi connectivity index (χ1v) is 15.0. The summed E-state index contributed by atoms with van der Waals surface area (Å²) in [6.07, 6.45) is 0. The van der Waals surface area contributed by atoms with Crippen molar-refractivity contribution in [1.82, 2.24) is 0 Å². The van der Waals surface area contributed by atoms with E-state index in [4.69, 9.17) is 4.74 Å². The van der Waals surface area contributed by atoms with E-state index >= 15 is 0 Å². The molecule has 0 radical (unpaired) electrons. The third kappa shape index (κ3) is 3.15. The number of fused-ring (bicyclic) bond motifs is 9. The van der Waals surface area contributed by atoms with E-state index < -0.39 is 11.2 Å². The van der Waals surface area contributed by atoms with Gasteiger partial charge in [-0.3, -0.25) is 0 Å². The zero-order chi connectivity index (χ0) is 28.4. The topological polar surface area (TPSA) is 9.23 Å². The van der Waals surface area contributed by atoms with Crippen LogP contribution in [0.25, 0.3) is 33.0 Å². The summed E-state index contributed by atoms with van der Waals surface area (Å²) in [6.45, 7) is 0. The molecule has 2 aliphatic rings. The average molecular weight is 549 g/mol. The Hall–Kier alpha value is -5.24. The van der Waals surface area contributed by atoms with Gasteiger partial charge < -0.3 is 4.74 Å². The van der Waals surface area contributed by atoms with Gasteiger partial charge in [-0.1, -0.05) is 170 Å². The second kappa shape index (κ2) is 9.13. The minimum absolute atomic E-state index is 0.804. The van der Waals surface area contributed by atoms with E-state index in [0.717, 1.165) is 11.1 Å². The second-order valence-corrected chi connectivity index (χ2v) is 11.5. The molecule has 0 aliphatic carbocycles. The van der Waals surface area contributed by atoms with Crippen molar-refractivity contribution < 1.29 is 4.74 Å². The molecule has 2 heterocycles. The summed E-state index contributed by atoms with van der Waals surface area (Å²) < 4.78 is 7.86. The van der Waals surface area contributed by atoms with Crippen LogP contribution < -0.4 is 0 Å². The van der Waals surface area contributed by atoms with Crippen LogP contribution in [-0.2, 0) is 15.9 Å². The fourth-order valence-electron chi connectivity index (χ4n) is 7.82. The third-order valence-electron chi connectivity index (χ3n) is 9.40. The van der Waals surface area contributed by atoms with Crippen LogP contribution in [-0.4, -0.2) is 0 Å². The van der Waals surface area contributed by atoms with Gasteiger partial charge in [-0.25, -0.2) is 0 Å². The SMILES string of the molecule is c1ccc(-c2c3c(c(-c4ccccc4)c4ccccc24)C2(c4ccccc4)OC3(c3ccccc3)c3ccccc32)cc1. The van der Waals surface area contributed by atoms with Gasteiger partial charge in [-0.2, -0.15) is 0 Å². The zero-order valence-corrected chi connectivity index (χ0v) is 23.6. The molecule has 2 unspecified atom stereocenters. The van der Waals surface area contributed by atoms with E-state index in [1.165, 1.54) is 55.3 Å². The Bertz CT molecular complexity index is 1980. The first-order chi connectivity index (χ1) is 21.3. The molecule has 0 saturated heterocycles. The normalized spacial score (nSPS) is 19.7. The van der Waals surface area contributed by atoms with E-state index in [1.807, 2.05) is 0 Å². The van der Waals surface area contributed by atoms with E-state index in [1.54, 1.807) is 0 Å². The van der Waals surface area contributed by atoms with E-state index in [9.17, 15) is 0 Å². The maximum Gasteiger partial charge on any atom is 0.147 e. The van der Waals surface area contributed by atoms with E-state index in [0.29, 0.717) is 0 Å². The van der Waals surface area contributed by atoms with Crippen LogP contribution in [0.1, 0.15) is 33.4 Å². The summed E-state index contributed by atoms with van der Waals surface area (Å²) in [7, 11) is 0. The molecule has 2 bridgehead atoms. The standard InChI is InChI=1S/C42H28O/c1-5-17-29(18-6-1)37-33-25-13-14-26-34(33)38(30-19-7-2-8-20-30)40-39(37)41(31-21-9-3-10-22-31)35-27-15-16-28-36(35)42(40,43-41)32-23-11-4-12-24-32/h1-28H. The lowest BCUT2D eigenvalue weighted by Crippen LogP contribution is -2.28. The Kier molecular flexibility index (Phi) is 5.17. The van der Waals surface area contributed by atoms with Crippen molar-refractivity contribution in [3.8, 4) is 22.3 Å². The van der Waals surface area contributed by atoms with Crippen molar-refractivity contribution in [1.29, 1.82) is 0 Å². The Labute approximate surface area is 251 Å². The van der Waals surface area contributed by atoms with Crippen molar-refractivity contribution in [3.63, 3.8) is 0 Å². The van der Waals surface area contributed by atoms with E-state index in [2.05, 4.69) is 170 Å². The van der Waals surface area contributed by atoms with E-state index in [-0.39, 0.29) is 0 Å². The van der Waals surface area contributed by atoms with Gasteiger partial charge in [0, 0.05) is 11.1 Å².